The Kier molecular flexibility index (Phi) is 7.39. The minimum atomic E-state index is -0.352. The summed E-state index contributed by atoms with van der Waals surface area (Å²) >= 11 is 0. The van der Waals surface area contributed by atoms with E-state index < -0.39 is 0 Å². The highest BCUT2D eigenvalue weighted by Gasteiger charge is 2.24. The van der Waals surface area contributed by atoms with Gasteiger partial charge < -0.3 is 19.1 Å². The van der Waals surface area contributed by atoms with E-state index in [-0.39, 0.29) is 18.9 Å². The standard InChI is InChI=1S/C18H25NO5/c1-2-22-17(20)9-8-15-10-12-19(13-11-15)18(21)24-14-23-16-6-4-3-5-7-16/h3-7,15H,2,8-14H2,1H3. The minimum absolute atomic E-state index is 0.0916. The van der Waals surface area contributed by atoms with Crippen molar-refractivity contribution in [3.8, 4) is 5.75 Å². The molecule has 0 unspecified atom stereocenters. The molecule has 0 bridgehead atoms. The van der Waals surface area contributed by atoms with E-state index in [0.29, 0.717) is 37.8 Å². The summed E-state index contributed by atoms with van der Waals surface area (Å²) in [5, 5.41) is 0. The number of nitrogens with zero attached hydrogens (tertiary/aromatic N) is 1. The van der Waals surface area contributed by atoms with E-state index in [4.69, 9.17) is 14.2 Å². The normalized spacial score (nSPS) is 15.0. The van der Waals surface area contributed by atoms with Crippen LogP contribution in [0.3, 0.4) is 0 Å². The maximum Gasteiger partial charge on any atom is 0.412 e. The topological polar surface area (TPSA) is 65.1 Å². The fraction of sp³-hybridized carbons (Fsp3) is 0.556. The van der Waals surface area contributed by atoms with Crippen molar-refractivity contribution >= 4 is 12.1 Å². The van der Waals surface area contributed by atoms with Crippen molar-refractivity contribution in [3.63, 3.8) is 0 Å². The van der Waals surface area contributed by atoms with Crippen LogP contribution in [0.25, 0.3) is 0 Å². The summed E-state index contributed by atoms with van der Waals surface area (Å²) < 4.78 is 15.4. The zero-order chi connectivity index (χ0) is 17.2. The molecule has 1 aromatic rings. The highest BCUT2D eigenvalue weighted by Crippen LogP contribution is 2.22. The van der Waals surface area contributed by atoms with Crippen LogP contribution in [-0.4, -0.2) is 43.5 Å². The Bertz CT molecular complexity index is 511. The van der Waals surface area contributed by atoms with Crippen LogP contribution >= 0.6 is 0 Å². The second-order valence-corrected chi connectivity index (χ2v) is 5.76. The lowest BCUT2D eigenvalue weighted by Crippen LogP contribution is -2.39. The fourth-order valence-electron chi connectivity index (χ4n) is 2.72. The van der Waals surface area contributed by atoms with Crippen LogP contribution in [-0.2, 0) is 14.3 Å². The highest BCUT2D eigenvalue weighted by molar-refractivity contribution is 5.69. The Morgan fingerprint density at radius 3 is 2.50 bits per heavy atom. The molecule has 0 radical (unpaired) electrons. The molecule has 0 saturated carbocycles. The predicted molar refractivity (Wildman–Crippen MR) is 88.6 cm³/mol. The molecule has 6 heteroatoms. The van der Waals surface area contributed by atoms with Gasteiger partial charge in [-0.2, -0.15) is 0 Å². The first kappa shape index (κ1) is 18.1. The van der Waals surface area contributed by atoms with Gasteiger partial charge in [-0.15, -0.1) is 0 Å². The molecule has 1 saturated heterocycles. The molecule has 0 atom stereocenters. The number of benzene rings is 1. The summed E-state index contributed by atoms with van der Waals surface area (Å²) in [5.74, 6) is 0.986. The lowest BCUT2D eigenvalue weighted by Gasteiger charge is -2.31. The van der Waals surface area contributed by atoms with E-state index >= 15 is 0 Å². The van der Waals surface area contributed by atoms with Gasteiger partial charge in [0, 0.05) is 19.5 Å². The Morgan fingerprint density at radius 2 is 1.83 bits per heavy atom. The summed E-state index contributed by atoms with van der Waals surface area (Å²) in [7, 11) is 0. The third-order valence-electron chi connectivity index (χ3n) is 4.09. The average molecular weight is 335 g/mol. The predicted octanol–water partition coefficient (Wildman–Crippen LogP) is 3.21. The Hall–Kier alpha value is -2.24. The van der Waals surface area contributed by atoms with Gasteiger partial charge in [0.15, 0.2) is 0 Å². The third-order valence-corrected chi connectivity index (χ3v) is 4.09. The zero-order valence-corrected chi connectivity index (χ0v) is 14.1. The van der Waals surface area contributed by atoms with Gasteiger partial charge in [-0.05, 0) is 44.2 Å². The van der Waals surface area contributed by atoms with Gasteiger partial charge in [0.1, 0.15) is 5.75 Å². The zero-order valence-electron chi connectivity index (χ0n) is 14.1. The lowest BCUT2D eigenvalue weighted by molar-refractivity contribution is -0.143. The number of ether oxygens (including phenoxy) is 3. The van der Waals surface area contributed by atoms with Crippen LogP contribution in [0.1, 0.15) is 32.6 Å². The molecule has 1 heterocycles. The second kappa shape index (κ2) is 9.80. The van der Waals surface area contributed by atoms with Crippen molar-refractivity contribution in [2.45, 2.75) is 32.6 Å². The molecule has 1 amide bonds. The van der Waals surface area contributed by atoms with Gasteiger partial charge in [0.2, 0.25) is 6.79 Å². The van der Waals surface area contributed by atoms with Crippen LogP contribution in [0.2, 0.25) is 0 Å². The quantitative estimate of drug-likeness (QED) is 0.565. The fourth-order valence-corrected chi connectivity index (χ4v) is 2.72. The molecule has 2 rings (SSSR count). The van der Waals surface area contributed by atoms with E-state index in [9.17, 15) is 9.59 Å². The molecular formula is C18H25NO5. The smallest absolute Gasteiger partial charge is 0.412 e. The van der Waals surface area contributed by atoms with E-state index in [0.717, 1.165) is 19.3 Å². The van der Waals surface area contributed by atoms with Crippen molar-refractivity contribution in [2.75, 3.05) is 26.5 Å². The molecule has 0 spiro atoms. The SMILES string of the molecule is CCOC(=O)CCC1CCN(C(=O)OCOc2ccccc2)CC1. The first-order valence-electron chi connectivity index (χ1n) is 8.44. The number of carbonyl (C=O) groups is 2. The highest BCUT2D eigenvalue weighted by atomic mass is 16.7. The Balaban J connectivity index is 1.61. The molecule has 6 nitrogen and oxygen atoms in total. The summed E-state index contributed by atoms with van der Waals surface area (Å²) in [6.07, 6.45) is 2.68. The van der Waals surface area contributed by atoms with Crippen molar-refractivity contribution in [3.05, 3.63) is 30.3 Å². The monoisotopic (exact) mass is 335 g/mol. The average Bonchev–Trinajstić information content (AvgIpc) is 2.61. The summed E-state index contributed by atoms with van der Waals surface area (Å²) in [6, 6.07) is 9.23. The van der Waals surface area contributed by atoms with Crippen molar-refractivity contribution in [1.29, 1.82) is 0 Å². The molecule has 0 N–H and O–H groups in total. The Labute approximate surface area is 142 Å². The number of piperidine rings is 1. The van der Waals surface area contributed by atoms with Gasteiger partial charge >= 0.3 is 12.1 Å². The lowest BCUT2D eigenvalue weighted by atomic mass is 9.92. The summed E-state index contributed by atoms with van der Waals surface area (Å²) in [4.78, 5) is 25.1. The molecule has 1 aliphatic heterocycles. The minimum Gasteiger partial charge on any atom is -0.466 e. The first-order valence-corrected chi connectivity index (χ1v) is 8.44. The molecule has 1 aromatic carbocycles. The molecule has 0 aromatic heterocycles. The number of esters is 1. The van der Waals surface area contributed by atoms with Gasteiger partial charge in [-0.3, -0.25) is 4.79 Å². The van der Waals surface area contributed by atoms with Crippen molar-refractivity contribution in [2.24, 2.45) is 5.92 Å². The maximum absolute atomic E-state index is 12.0. The van der Waals surface area contributed by atoms with E-state index in [1.165, 1.54) is 0 Å². The molecular weight excluding hydrogens is 310 g/mol. The van der Waals surface area contributed by atoms with Crippen molar-refractivity contribution < 1.29 is 23.8 Å². The van der Waals surface area contributed by atoms with Gasteiger partial charge in [0.05, 0.1) is 6.61 Å². The van der Waals surface area contributed by atoms with E-state index in [1.807, 2.05) is 37.3 Å². The second-order valence-electron chi connectivity index (χ2n) is 5.76. The number of likely N-dealkylation sites (tertiary alicyclic amines) is 1. The van der Waals surface area contributed by atoms with E-state index in [2.05, 4.69) is 0 Å². The van der Waals surface area contributed by atoms with Gasteiger partial charge in [-0.1, -0.05) is 18.2 Å². The maximum atomic E-state index is 12.0. The molecule has 1 fully saturated rings. The van der Waals surface area contributed by atoms with Crippen LogP contribution < -0.4 is 4.74 Å². The Morgan fingerprint density at radius 1 is 1.12 bits per heavy atom. The van der Waals surface area contributed by atoms with Crippen LogP contribution in [0.4, 0.5) is 4.79 Å². The third kappa shape index (κ3) is 6.10. The van der Waals surface area contributed by atoms with E-state index in [1.54, 1.807) is 4.90 Å². The number of para-hydroxylation sites is 1. The summed E-state index contributed by atoms with van der Waals surface area (Å²) in [5.41, 5.74) is 0. The molecule has 1 aliphatic rings. The van der Waals surface area contributed by atoms with Gasteiger partial charge in [0.25, 0.3) is 0 Å². The van der Waals surface area contributed by atoms with Crippen LogP contribution in [0.5, 0.6) is 5.75 Å². The molecule has 0 aliphatic carbocycles. The number of hydrogen-bond acceptors (Lipinski definition) is 5. The van der Waals surface area contributed by atoms with Crippen LogP contribution in [0, 0.1) is 5.92 Å². The first-order chi connectivity index (χ1) is 11.7. The number of rotatable bonds is 7. The van der Waals surface area contributed by atoms with Crippen molar-refractivity contribution in [1.82, 2.24) is 4.90 Å². The van der Waals surface area contributed by atoms with Gasteiger partial charge in [-0.25, -0.2) is 4.79 Å². The largest absolute Gasteiger partial charge is 0.466 e. The van der Waals surface area contributed by atoms with Crippen LogP contribution in [0.15, 0.2) is 30.3 Å². The number of amides is 1. The number of carbonyl (C=O) groups excluding carboxylic acids is 2. The molecule has 24 heavy (non-hydrogen) atoms. The number of hydrogen-bond donors (Lipinski definition) is 0. The molecule has 132 valence electrons. The summed E-state index contributed by atoms with van der Waals surface area (Å²) in [6.45, 7) is 3.44.